The van der Waals surface area contributed by atoms with Gasteiger partial charge in [-0.2, -0.15) is 0 Å². The van der Waals surface area contributed by atoms with Gasteiger partial charge < -0.3 is 9.88 Å². The summed E-state index contributed by atoms with van der Waals surface area (Å²) in [7, 11) is -3.63. The maximum Gasteiger partial charge on any atom is 0.253 e. The molecular formula is C23H28N4O3S. The van der Waals surface area contributed by atoms with Crippen molar-refractivity contribution in [3.05, 3.63) is 59.9 Å². The zero-order valence-electron chi connectivity index (χ0n) is 18.1. The Labute approximate surface area is 182 Å². The number of amides is 1. The van der Waals surface area contributed by atoms with Crippen molar-refractivity contribution in [3.8, 4) is 0 Å². The minimum atomic E-state index is -3.63. The highest BCUT2D eigenvalue weighted by Crippen LogP contribution is 2.28. The molecule has 2 aromatic carbocycles. The zero-order chi connectivity index (χ0) is 22.2. The van der Waals surface area contributed by atoms with Crippen LogP contribution in [0.15, 0.2) is 53.4 Å². The van der Waals surface area contributed by atoms with E-state index in [9.17, 15) is 13.2 Å². The lowest BCUT2D eigenvalue weighted by Crippen LogP contribution is -2.40. The molecule has 1 atom stereocenters. The molecule has 0 spiro atoms. The number of carbonyl (C=O) groups excluding carboxylic acids is 1. The Morgan fingerprint density at radius 3 is 2.52 bits per heavy atom. The molecule has 2 heterocycles. The van der Waals surface area contributed by atoms with E-state index in [2.05, 4.69) is 9.71 Å². The van der Waals surface area contributed by atoms with Crippen LogP contribution >= 0.6 is 0 Å². The van der Waals surface area contributed by atoms with Gasteiger partial charge in [-0.25, -0.2) is 18.1 Å². The van der Waals surface area contributed by atoms with Crippen LogP contribution in [0.4, 0.5) is 0 Å². The largest absolute Gasteiger partial charge is 0.342 e. The molecule has 0 radical (unpaired) electrons. The van der Waals surface area contributed by atoms with Crippen molar-refractivity contribution in [1.82, 2.24) is 19.6 Å². The summed E-state index contributed by atoms with van der Waals surface area (Å²) in [6.07, 6.45) is 1.87. The van der Waals surface area contributed by atoms with E-state index in [0.717, 1.165) is 29.7 Å². The number of hydrogen-bond acceptors (Lipinski definition) is 4. The fraction of sp³-hybridized carbons (Fsp3) is 0.391. The summed E-state index contributed by atoms with van der Waals surface area (Å²) >= 11 is 0. The average molecular weight is 441 g/mol. The number of nitrogens with zero attached hydrogens (tertiary/aromatic N) is 2. The number of hydrogen-bond donors (Lipinski definition) is 2. The zero-order valence-corrected chi connectivity index (χ0v) is 18.9. The van der Waals surface area contributed by atoms with Gasteiger partial charge in [-0.1, -0.05) is 12.1 Å². The Hall–Kier alpha value is -2.71. The first-order valence-corrected chi connectivity index (χ1v) is 12.0. The van der Waals surface area contributed by atoms with E-state index in [4.69, 9.17) is 4.98 Å². The number of imidazole rings is 1. The Morgan fingerprint density at radius 1 is 1.13 bits per heavy atom. The van der Waals surface area contributed by atoms with Gasteiger partial charge in [0.25, 0.3) is 5.91 Å². The molecule has 4 rings (SSSR count). The minimum absolute atomic E-state index is 0.0893. The Morgan fingerprint density at radius 2 is 1.84 bits per heavy atom. The van der Waals surface area contributed by atoms with Crippen molar-refractivity contribution >= 4 is 27.0 Å². The molecule has 0 aliphatic carbocycles. The van der Waals surface area contributed by atoms with E-state index in [1.807, 2.05) is 29.2 Å². The van der Waals surface area contributed by atoms with Crippen molar-refractivity contribution in [1.29, 1.82) is 0 Å². The summed E-state index contributed by atoms with van der Waals surface area (Å²) in [6.45, 7) is 6.64. The Bertz CT molecular complexity index is 1160. The SMILES string of the molecule is CC(C)(C)NS(=O)(=O)c1ccc(C(=O)N2CCC[C@@H](c3nc4ccccc4[nH]3)C2)cc1. The molecule has 0 bridgehead atoms. The van der Waals surface area contributed by atoms with Gasteiger partial charge in [-0.15, -0.1) is 0 Å². The molecule has 1 aromatic heterocycles. The second kappa shape index (κ2) is 8.09. The number of likely N-dealkylation sites (tertiary alicyclic amines) is 1. The van der Waals surface area contributed by atoms with Gasteiger partial charge in [-0.05, 0) is 70.0 Å². The van der Waals surface area contributed by atoms with E-state index in [-0.39, 0.29) is 16.7 Å². The molecule has 1 amide bonds. The third kappa shape index (κ3) is 4.80. The van der Waals surface area contributed by atoms with Crippen molar-refractivity contribution in [2.45, 2.75) is 50.0 Å². The number of rotatable bonds is 4. The third-order valence-electron chi connectivity index (χ3n) is 5.36. The number of piperidine rings is 1. The van der Waals surface area contributed by atoms with Gasteiger partial charge in [-0.3, -0.25) is 4.79 Å². The quantitative estimate of drug-likeness (QED) is 0.647. The van der Waals surface area contributed by atoms with Crippen molar-refractivity contribution < 1.29 is 13.2 Å². The fourth-order valence-corrected chi connectivity index (χ4v) is 5.39. The van der Waals surface area contributed by atoms with Crippen LogP contribution in [0, 0.1) is 0 Å². The molecule has 1 fully saturated rings. The van der Waals surface area contributed by atoms with Crippen molar-refractivity contribution in [2.24, 2.45) is 0 Å². The number of aromatic amines is 1. The van der Waals surface area contributed by atoms with E-state index in [1.165, 1.54) is 12.1 Å². The molecule has 0 saturated carbocycles. The van der Waals surface area contributed by atoms with Crippen LogP contribution in [0.25, 0.3) is 11.0 Å². The molecule has 3 aromatic rings. The molecule has 1 aliphatic rings. The van der Waals surface area contributed by atoms with Crippen LogP contribution in [-0.2, 0) is 10.0 Å². The van der Waals surface area contributed by atoms with Crippen LogP contribution in [-0.4, -0.2) is 47.8 Å². The molecule has 0 unspecified atom stereocenters. The second-order valence-electron chi connectivity index (χ2n) is 9.11. The molecule has 7 nitrogen and oxygen atoms in total. The van der Waals surface area contributed by atoms with Crippen LogP contribution in [0.1, 0.15) is 55.7 Å². The summed E-state index contributed by atoms with van der Waals surface area (Å²) in [4.78, 5) is 23.1. The number of nitrogens with one attached hydrogen (secondary N) is 2. The molecule has 2 N–H and O–H groups in total. The van der Waals surface area contributed by atoms with E-state index in [0.29, 0.717) is 18.7 Å². The van der Waals surface area contributed by atoms with Crippen LogP contribution in [0.2, 0.25) is 0 Å². The summed E-state index contributed by atoms with van der Waals surface area (Å²) in [5, 5.41) is 0. The smallest absolute Gasteiger partial charge is 0.253 e. The third-order valence-corrected chi connectivity index (χ3v) is 7.13. The van der Waals surface area contributed by atoms with Crippen molar-refractivity contribution in [2.75, 3.05) is 13.1 Å². The molecule has 1 saturated heterocycles. The first kappa shape index (κ1) is 21.5. The topological polar surface area (TPSA) is 95.2 Å². The Kier molecular flexibility index (Phi) is 5.61. The number of benzene rings is 2. The van der Waals surface area contributed by atoms with Gasteiger partial charge in [0.2, 0.25) is 10.0 Å². The first-order chi connectivity index (χ1) is 14.6. The molecule has 31 heavy (non-hydrogen) atoms. The maximum absolute atomic E-state index is 13.1. The lowest BCUT2D eigenvalue weighted by Gasteiger charge is -2.32. The fourth-order valence-electron chi connectivity index (χ4n) is 3.97. The van der Waals surface area contributed by atoms with Crippen LogP contribution in [0.3, 0.4) is 0 Å². The van der Waals surface area contributed by atoms with Crippen molar-refractivity contribution in [3.63, 3.8) is 0 Å². The number of fused-ring (bicyclic) bond motifs is 1. The van der Waals surface area contributed by atoms with Crippen LogP contribution in [0.5, 0.6) is 0 Å². The standard InChI is InChI=1S/C23H28N4O3S/c1-23(2,3)26-31(29,30)18-12-10-16(11-13-18)22(28)27-14-6-7-17(15-27)21-24-19-8-4-5-9-20(19)25-21/h4-5,8-13,17,26H,6-7,14-15H2,1-3H3,(H,24,25)/t17-/m1/s1. The number of carbonyl (C=O) groups is 1. The van der Waals surface area contributed by atoms with Gasteiger partial charge in [0, 0.05) is 30.1 Å². The maximum atomic E-state index is 13.1. The lowest BCUT2D eigenvalue weighted by atomic mass is 9.96. The summed E-state index contributed by atoms with van der Waals surface area (Å²) in [6, 6.07) is 14.1. The highest BCUT2D eigenvalue weighted by atomic mass is 32.2. The lowest BCUT2D eigenvalue weighted by molar-refractivity contribution is 0.0705. The van der Waals surface area contributed by atoms with Gasteiger partial charge >= 0.3 is 0 Å². The monoisotopic (exact) mass is 440 g/mol. The average Bonchev–Trinajstić information content (AvgIpc) is 3.16. The minimum Gasteiger partial charge on any atom is -0.342 e. The van der Waals surface area contributed by atoms with Gasteiger partial charge in [0.15, 0.2) is 0 Å². The molecule has 164 valence electrons. The molecule has 8 heteroatoms. The number of H-pyrrole nitrogens is 1. The van der Waals surface area contributed by atoms with E-state index < -0.39 is 15.6 Å². The van der Waals surface area contributed by atoms with Gasteiger partial charge in [0.05, 0.1) is 15.9 Å². The summed E-state index contributed by atoms with van der Waals surface area (Å²) < 4.78 is 27.6. The predicted octanol–water partition coefficient (Wildman–Crippen LogP) is 3.66. The second-order valence-corrected chi connectivity index (χ2v) is 10.8. The highest BCUT2D eigenvalue weighted by Gasteiger charge is 2.28. The van der Waals surface area contributed by atoms with E-state index in [1.54, 1.807) is 32.9 Å². The number of sulfonamides is 1. The molecular weight excluding hydrogens is 412 g/mol. The highest BCUT2D eigenvalue weighted by molar-refractivity contribution is 7.89. The normalized spacial score (nSPS) is 17.8. The van der Waals surface area contributed by atoms with Gasteiger partial charge in [0.1, 0.15) is 5.82 Å². The van der Waals surface area contributed by atoms with Crippen LogP contribution < -0.4 is 4.72 Å². The van der Waals surface area contributed by atoms with E-state index >= 15 is 0 Å². The Balaban J connectivity index is 1.48. The number of aromatic nitrogens is 2. The molecule has 1 aliphatic heterocycles. The number of para-hydroxylation sites is 2. The first-order valence-electron chi connectivity index (χ1n) is 10.5. The summed E-state index contributed by atoms with van der Waals surface area (Å²) in [5.74, 6) is 0.975. The predicted molar refractivity (Wildman–Crippen MR) is 120 cm³/mol. The summed E-state index contributed by atoms with van der Waals surface area (Å²) in [5.41, 5.74) is 1.84.